The van der Waals surface area contributed by atoms with E-state index in [2.05, 4.69) is 15.3 Å². The fourth-order valence-corrected chi connectivity index (χ4v) is 2.52. The second kappa shape index (κ2) is 6.26. The molecule has 0 amide bonds. The maximum absolute atomic E-state index is 12.3. The molecular weight excluding hydrogens is 330 g/mol. The Morgan fingerprint density at radius 1 is 1.42 bits per heavy atom. The molecule has 1 aromatic carbocycles. The van der Waals surface area contributed by atoms with E-state index in [1.54, 1.807) is 38.2 Å². The Hall–Kier alpha value is -2.98. The van der Waals surface area contributed by atoms with Gasteiger partial charge in [0.05, 0.1) is 6.04 Å². The lowest BCUT2D eigenvalue weighted by atomic mass is 10.1. The van der Waals surface area contributed by atoms with Crippen molar-refractivity contribution in [3.63, 3.8) is 0 Å². The van der Waals surface area contributed by atoms with Gasteiger partial charge in [-0.05, 0) is 31.2 Å². The van der Waals surface area contributed by atoms with E-state index in [-0.39, 0.29) is 11.6 Å². The SMILES string of the molecule is C[C@H](N=C1NC=C(C#N)N(C)O1)c1cc2cc(Cl)ccc2[nH]c1=O. The van der Waals surface area contributed by atoms with E-state index in [0.717, 1.165) is 5.39 Å². The van der Waals surface area contributed by atoms with E-state index in [9.17, 15) is 4.79 Å². The molecular formula is C16H14ClN5O2. The van der Waals surface area contributed by atoms with Crippen molar-refractivity contribution in [3.8, 4) is 6.07 Å². The van der Waals surface area contributed by atoms with E-state index < -0.39 is 6.04 Å². The van der Waals surface area contributed by atoms with Crippen LogP contribution >= 0.6 is 11.6 Å². The van der Waals surface area contributed by atoms with Gasteiger partial charge in [-0.1, -0.05) is 11.6 Å². The largest absolute Gasteiger partial charge is 0.339 e. The predicted octanol–water partition coefficient (Wildman–Crippen LogP) is 2.43. The molecule has 1 aliphatic rings. The molecule has 0 unspecified atom stereocenters. The van der Waals surface area contributed by atoms with Gasteiger partial charge < -0.3 is 15.1 Å². The Balaban J connectivity index is 1.94. The summed E-state index contributed by atoms with van der Waals surface area (Å²) in [5.74, 6) is 0. The van der Waals surface area contributed by atoms with Crippen LogP contribution in [0.3, 0.4) is 0 Å². The molecule has 1 aliphatic heterocycles. The molecule has 2 aromatic rings. The van der Waals surface area contributed by atoms with Crippen molar-refractivity contribution < 1.29 is 4.84 Å². The topological polar surface area (TPSA) is 93.5 Å². The first kappa shape index (κ1) is 15.9. The maximum atomic E-state index is 12.3. The van der Waals surface area contributed by atoms with Gasteiger partial charge in [0.1, 0.15) is 6.07 Å². The first-order chi connectivity index (χ1) is 11.5. The fraction of sp³-hybridized carbons (Fsp3) is 0.188. The quantitative estimate of drug-likeness (QED) is 0.873. The lowest BCUT2D eigenvalue weighted by molar-refractivity contribution is -0.0167. The number of hydrogen-bond donors (Lipinski definition) is 2. The number of H-pyrrole nitrogens is 1. The molecule has 24 heavy (non-hydrogen) atoms. The van der Waals surface area contributed by atoms with Gasteiger partial charge in [-0.15, -0.1) is 0 Å². The van der Waals surface area contributed by atoms with Gasteiger partial charge in [0.2, 0.25) is 0 Å². The van der Waals surface area contributed by atoms with E-state index in [4.69, 9.17) is 21.7 Å². The molecule has 0 aliphatic carbocycles. The summed E-state index contributed by atoms with van der Waals surface area (Å²) in [6.07, 6.45) is 1.49. The number of pyridine rings is 1. The van der Waals surface area contributed by atoms with Crippen LogP contribution in [0.2, 0.25) is 5.02 Å². The van der Waals surface area contributed by atoms with Crippen LogP contribution in [0, 0.1) is 11.3 Å². The molecule has 7 nitrogen and oxygen atoms in total. The number of amidine groups is 1. The van der Waals surface area contributed by atoms with Gasteiger partial charge in [0.25, 0.3) is 5.56 Å². The Morgan fingerprint density at radius 2 is 2.21 bits per heavy atom. The highest BCUT2D eigenvalue weighted by Gasteiger charge is 2.18. The molecule has 1 aromatic heterocycles. The molecule has 8 heteroatoms. The van der Waals surface area contributed by atoms with Gasteiger partial charge >= 0.3 is 6.02 Å². The van der Waals surface area contributed by atoms with E-state index in [1.165, 1.54) is 11.3 Å². The number of fused-ring (bicyclic) bond motifs is 1. The maximum Gasteiger partial charge on any atom is 0.316 e. The van der Waals surface area contributed by atoms with Crippen molar-refractivity contribution >= 4 is 28.5 Å². The van der Waals surface area contributed by atoms with Crippen LogP contribution in [-0.4, -0.2) is 23.1 Å². The number of aromatic amines is 1. The van der Waals surface area contributed by atoms with Crippen LogP contribution in [0.5, 0.6) is 0 Å². The Labute approximate surface area is 142 Å². The molecule has 2 heterocycles. The second-order valence-corrected chi connectivity index (χ2v) is 5.71. The first-order valence-electron chi connectivity index (χ1n) is 7.16. The lowest BCUT2D eigenvalue weighted by Gasteiger charge is -2.24. The molecule has 0 saturated heterocycles. The second-order valence-electron chi connectivity index (χ2n) is 5.27. The number of allylic oxidation sites excluding steroid dienone is 1. The molecule has 2 N–H and O–H groups in total. The van der Waals surface area contributed by atoms with Crippen LogP contribution in [0.25, 0.3) is 10.9 Å². The number of nitriles is 1. The minimum Gasteiger partial charge on any atom is -0.339 e. The average Bonchev–Trinajstić information content (AvgIpc) is 2.54. The Kier molecular flexibility index (Phi) is 4.15. The molecule has 0 saturated carbocycles. The highest BCUT2D eigenvalue weighted by molar-refractivity contribution is 6.31. The highest BCUT2D eigenvalue weighted by Crippen LogP contribution is 2.21. The zero-order valence-electron chi connectivity index (χ0n) is 13.0. The average molecular weight is 344 g/mol. The third kappa shape index (κ3) is 3.05. The highest BCUT2D eigenvalue weighted by atomic mass is 35.5. The molecule has 0 radical (unpaired) electrons. The van der Waals surface area contributed by atoms with Crippen molar-refractivity contribution in [3.05, 3.63) is 57.1 Å². The Morgan fingerprint density at radius 3 is 2.92 bits per heavy atom. The fourth-order valence-electron chi connectivity index (χ4n) is 2.34. The minimum absolute atomic E-state index is 0.203. The van der Waals surface area contributed by atoms with Crippen LogP contribution in [-0.2, 0) is 4.84 Å². The number of hydroxylamine groups is 2. The van der Waals surface area contributed by atoms with Crippen molar-refractivity contribution in [1.29, 1.82) is 5.26 Å². The van der Waals surface area contributed by atoms with Gasteiger partial charge in [0, 0.05) is 34.7 Å². The van der Waals surface area contributed by atoms with Crippen LogP contribution < -0.4 is 10.9 Å². The normalized spacial score (nSPS) is 17.0. The number of rotatable bonds is 2. The lowest BCUT2D eigenvalue weighted by Crippen LogP contribution is -2.36. The van der Waals surface area contributed by atoms with Gasteiger partial charge in [0.15, 0.2) is 5.70 Å². The molecule has 0 bridgehead atoms. The summed E-state index contributed by atoms with van der Waals surface area (Å²) in [6.45, 7) is 1.78. The van der Waals surface area contributed by atoms with Crippen molar-refractivity contribution in [2.45, 2.75) is 13.0 Å². The molecule has 0 fully saturated rings. The number of nitrogens with zero attached hydrogens (tertiary/aromatic N) is 3. The number of aliphatic imine (C=N–C) groups is 1. The summed E-state index contributed by atoms with van der Waals surface area (Å²) in [5.41, 5.74) is 1.29. The van der Waals surface area contributed by atoms with Gasteiger partial charge in [-0.25, -0.2) is 4.99 Å². The number of nitrogens with one attached hydrogen (secondary N) is 2. The zero-order valence-corrected chi connectivity index (χ0v) is 13.8. The summed E-state index contributed by atoms with van der Waals surface area (Å²) in [7, 11) is 1.60. The molecule has 122 valence electrons. The number of aromatic nitrogens is 1. The van der Waals surface area contributed by atoms with E-state index >= 15 is 0 Å². The monoisotopic (exact) mass is 343 g/mol. The standard InChI is InChI=1S/C16H14ClN5O2/c1-9(20-16-19-8-12(7-18)22(2)24-16)13-6-10-5-11(17)3-4-14(10)21-15(13)23/h3-6,8-9H,1-2H3,(H,19,20)(H,21,23)/t9-/m0/s1. The van der Waals surface area contributed by atoms with E-state index in [0.29, 0.717) is 21.8 Å². The molecule has 1 atom stereocenters. The third-order valence-corrected chi connectivity index (χ3v) is 3.84. The van der Waals surface area contributed by atoms with Gasteiger partial charge in [-0.2, -0.15) is 10.3 Å². The van der Waals surface area contributed by atoms with E-state index in [1.807, 2.05) is 6.07 Å². The smallest absolute Gasteiger partial charge is 0.316 e. The van der Waals surface area contributed by atoms with Crippen LogP contribution in [0.1, 0.15) is 18.5 Å². The van der Waals surface area contributed by atoms with Crippen LogP contribution in [0.4, 0.5) is 0 Å². The number of benzene rings is 1. The summed E-state index contributed by atoms with van der Waals surface area (Å²) >= 11 is 6.00. The summed E-state index contributed by atoms with van der Waals surface area (Å²) in [5, 5.41) is 14.4. The number of halogens is 1. The number of hydrogen-bond acceptors (Lipinski definition) is 5. The summed E-state index contributed by atoms with van der Waals surface area (Å²) in [6, 6.07) is 8.74. The van der Waals surface area contributed by atoms with Crippen LogP contribution in [0.15, 0.2) is 45.9 Å². The molecule has 3 rings (SSSR count). The predicted molar refractivity (Wildman–Crippen MR) is 91.1 cm³/mol. The summed E-state index contributed by atoms with van der Waals surface area (Å²) in [4.78, 5) is 24.8. The first-order valence-corrected chi connectivity index (χ1v) is 7.54. The minimum atomic E-state index is -0.454. The summed E-state index contributed by atoms with van der Waals surface area (Å²) < 4.78 is 0. The Bertz CT molecular complexity index is 957. The van der Waals surface area contributed by atoms with Crippen molar-refractivity contribution in [2.75, 3.05) is 7.05 Å². The third-order valence-electron chi connectivity index (χ3n) is 3.61. The zero-order chi connectivity index (χ0) is 17.3. The van der Waals surface area contributed by atoms with Crippen molar-refractivity contribution in [2.24, 2.45) is 4.99 Å². The molecule has 0 spiro atoms. The van der Waals surface area contributed by atoms with Gasteiger partial charge in [-0.3, -0.25) is 4.79 Å². The van der Waals surface area contributed by atoms with Crippen molar-refractivity contribution in [1.82, 2.24) is 15.4 Å².